The third-order valence-electron chi connectivity index (χ3n) is 3.00. The largest absolute Gasteiger partial charge is 0.317 e. The zero-order chi connectivity index (χ0) is 12.2. The summed E-state index contributed by atoms with van der Waals surface area (Å²) in [6.07, 6.45) is 1.57. The van der Waals surface area contributed by atoms with Crippen molar-refractivity contribution in [3.05, 3.63) is 30.3 Å². The Morgan fingerprint density at radius 1 is 1.25 bits per heavy atom. The molecule has 0 spiro atoms. The SMILES string of the molecule is CC.CP(=O)(c1ccccc1)C1(C#N)CC1. The molecule has 1 saturated carbocycles. The van der Waals surface area contributed by atoms with Crippen molar-refractivity contribution in [2.45, 2.75) is 31.8 Å². The van der Waals surface area contributed by atoms with Gasteiger partial charge in [-0.3, -0.25) is 0 Å². The quantitative estimate of drug-likeness (QED) is 0.737. The van der Waals surface area contributed by atoms with Crippen LogP contribution in [0.3, 0.4) is 0 Å². The van der Waals surface area contributed by atoms with Gasteiger partial charge in [-0.1, -0.05) is 44.2 Å². The van der Waals surface area contributed by atoms with Crippen LogP contribution in [0, 0.1) is 11.3 Å². The van der Waals surface area contributed by atoms with E-state index in [4.69, 9.17) is 5.26 Å². The minimum atomic E-state index is -2.50. The van der Waals surface area contributed by atoms with Crippen LogP contribution >= 0.6 is 7.14 Å². The highest BCUT2D eigenvalue weighted by Crippen LogP contribution is 2.66. The molecule has 3 heteroatoms. The summed E-state index contributed by atoms with van der Waals surface area (Å²) in [6.45, 7) is 5.73. The lowest BCUT2D eigenvalue weighted by molar-refractivity contribution is 0.579. The molecule has 1 fully saturated rings. The minimum Gasteiger partial charge on any atom is -0.317 e. The van der Waals surface area contributed by atoms with E-state index in [1.54, 1.807) is 6.66 Å². The van der Waals surface area contributed by atoms with Gasteiger partial charge >= 0.3 is 0 Å². The lowest BCUT2D eigenvalue weighted by Gasteiger charge is -2.17. The van der Waals surface area contributed by atoms with Crippen molar-refractivity contribution in [2.75, 3.05) is 6.66 Å². The van der Waals surface area contributed by atoms with Gasteiger partial charge in [0.05, 0.1) is 6.07 Å². The average molecular weight is 235 g/mol. The van der Waals surface area contributed by atoms with Gasteiger partial charge in [-0.05, 0) is 19.5 Å². The first-order chi connectivity index (χ1) is 7.62. The molecule has 1 unspecified atom stereocenters. The van der Waals surface area contributed by atoms with Gasteiger partial charge in [-0.15, -0.1) is 0 Å². The second kappa shape index (κ2) is 4.85. The van der Waals surface area contributed by atoms with Crippen LogP contribution in [0.15, 0.2) is 30.3 Å². The summed E-state index contributed by atoms with van der Waals surface area (Å²) in [5, 5.41) is 9.32. The molecule has 1 aliphatic carbocycles. The van der Waals surface area contributed by atoms with E-state index >= 15 is 0 Å². The Balaban J connectivity index is 0.000000606. The second-order valence-corrected chi connectivity index (χ2v) is 7.12. The number of hydrogen-bond donors (Lipinski definition) is 0. The maximum Gasteiger partial charge on any atom is 0.132 e. The van der Waals surface area contributed by atoms with E-state index in [9.17, 15) is 4.57 Å². The molecule has 86 valence electrons. The molecule has 0 heterocycles. The van der Waals surface area contributed by atoms with Gasteiger partial charge in [0.15, 0.2) is 0 Å². The highest BCUT2D eigenvalue weighted by atomic mass is 31.2. The third kappa shape index (κ3) is 2.06. The summed E-state index contributed by atoms with van der Waals surface area (Å²) in [6, 6.07) is 11.6. The van der Waals surface area contributed by atoms with Crippen LogP contribution in [-0.2, 0) is 4.57 Å². The fraction of sp³-hybridized carbons (Fsp3) is 0.462. The lowest BCUT2D eigenvalue weighted by Crippen LogP contribution is -2.16. The molecular formula is C13H18NOP. The van der Waals surface area contributed by atoms with Crippen molar-refractivity contribution in [3.8, 4) is 6.07 Å². The van der Waals surface area contributed by atoms with E-state index < -0.39 is 12.3 Å². The maximum absolute atomic E-state index is 12.5. The number of benzene rings is 1. The van der Waals surface area contributed by atoms with Gasteiger partial charge in [0.1, 0.15) is 12.3 Å². The first kappa shape index (κ1) is 13.0. The van der Waals surface area contributed by atoms with Crippen LogP contribution in [0.2, 0.25) is 0 Å². The van der Waals surface area contributed by atoms with Crippen molar-refractivity contribution in [2.24, 2.45) is 0 Å². The zero-order valence-electron chi connectivity index (χ0n) is 10.1. The monoisotopic (exact) mass is 235 g/mol. The van der Waals surface area contributed by atoms with E-state index in [2.05, 4.69) is 6.07 Å². The van der Waals surface area contributed by atoms with Gasteiger partial charge in [-0.2, -0.15) is 5.26 Å². The molecular weight excluding hydrogens is 217 g/mol. The molecule has 0 saturated heterocycles. The summed E-state index contributed by atoms with van der Waals surface area (Å²) >= 11 is 0. The Hall–Kier alpha value is -1.06. The zero-order valence-corrected chi connectivity index (χ0v) is 11.0. The molecule has 0 aliphatic heterocycles. The van der Waals surface area contributed by atoms with Gasteiger partial charge in [0.25, 0.3) is 0 Å². The Labute approximate surface area is 97.7 Å². The average Bonchev–Trinajstić information content (AvgIpc) is 3.14. The molecule has 2 nitrogen and oxygen atoms in total. The number of nitriles is 1. The Kier molecular flexibility index (Phi) is 3.94. The summed E-state index contributed by atoms with van der Waals surface area (Å²) in [5.41, 5.74) is 0. The van der Waals surface area contributed by atoms with Crippen molar-refractivity contribution in [1.82, 2.24) is 0 Å². The molecule has 0 aromatic heterocycles. The smallest absolute Gasteiger partial charge is 0.132 e. The Morgan fingerprint density at radius 2 is 1.75 bits per heavy atom. The van der Waals surface area contributed by atoms with Crippen LogP contribution in [0.4, 0.5) is 0 Å². The van der Waals surface area contributed by atoms with E-state index in [1.807, 2.05) is 44.2 Å². The predicted molar refractivity (Wildman–Crippen MR) is 68.5 cm³/mol. The molecule has 0 bridgehead atoms. The number of hydrogen-bond acceptors (Lipinski definition) is 2. The maximum atomic E-state index is 12.5. The van der Waals surface area contributed by atoms with E-state index in [-0.39, 0.29) is 0 Å². The lowest BCUT2D eigenvalue weighted by atomic mass is 10.4. The minimum absolute atomic E-state index is 0.547. The third-order valence-corrected chi connectivity index (χ3v) is 6.46. The molecule has 0 radical (unpaired) electrons. The van der Waals surface area contributed by atoms with E-state index in [1.165, 1.54) is 0 Å². The number of nitrogens with zero attached hydrogens (tertiary/aromatic N) is 1. The normalized spacial score (nSPS) is 19.6. The fourth-order valence-electron chi connectivity index (χ4n) is 1.71. The van der Waals surface area contributed by atoms with Crippen molar-refractivity contribution >= 4 is 12.4 Å². The highest BCUT2D eigenvalue weighted by Gasteiger charge is 2.56. The van der Waals surface area contributed by atoms with Crippen molar-refractivity contribution in [1.29, 1.82) is 5.26 Å². The predicted octanol–water partition coefficient (Wildman–Crippen LogP) is 3.39. The second-order valence-electron chi connectivity index (χ2n) is 3.90. The molecule has 1 aliphatic rings. The molecule has 0 N–H and O–H groups in total. The Morgan fingerprint density at radius 3 is 2.12 bits per heavy atom. The molecule has 2 rings (SSSR count). The van der Waals surface area contributed by atoms with Gasteiger partial charge in [0, 0.05) is 5.30 Å². The van der Waals surface area contributed by atoms with Gasteiger partial charge < -0.3 is 4.57 Å². The molecule has 0 amide bonds. The first-order valence-electron chi connectivity index (χ1n) is 5.67. The molecule has 16 heavy (non-hydrogen) atoms. The standard InChI is InChI=1S/C11H12NOP.C2H6/c1-14(13,11(9-12)7-8-11)10-5-3-2-4-6-10;1-2/h2-6H,7-8H2,1H3;1-2H3. The van der Waals surface area contributed by atoms with Crippen LogP contribution in [0.25, 0.3) is 0 Å². The van der Waals surface area contributed by atoms with Gasteiger partial charge in [0.2, 0.25) is 0 Å². The summed E-state index contributed by atoms with van der Waals surface area (Å²) < 4.78 is 12.5. The molecule has 1 aromatic rings. The van der Waals surface area contributed by atoms with E-state index in [0.717, 1.165) is 18.1 Å². The van der Waals surface area contributed by atoms with Gasteiger partial charge in [-0.25, -0.2) is 0 Å². The Bertz CT molecular complexity index is 429. The highest BCUT2D eigenvalue weighted by molar-refractivity contribution is 7.73. The summed E-state index contributed by atoms with van der Waals surface area (Å²) in [5.74, 6) is 0. The molecule has 1 aromatic carbocycles. The molecule has 1 atom stereocenters. The fourth-order valence-corrected chi connectivity index (χ4v) is 4.10. The van der Waals surface area contributed by atoms with Crippen LogP contribution in [0.1, 0.15) is 26.7 Å². The van der Waals surface area contributed by atoms with Crippen molar-refractivity contribution < 1.29 is 4.57 Å². The first-order valence-corrected chi connectivity index (χ1v) is 7.82. The van der Waals surface area contributed by atoms with Crippen LogP contribution < -0.4 is 5.30 Å². The van der Waals surface area contributed by atoms with Crippen LogP contribution in [0.5, 0.6) is 0 Å². The van der Waals surface area contributed by atoms with E-state index in [0.29, 0.717) is 0 Å². The topological polar surface area (TPSA) is 40.9 Å². The summed E-state index contributed by atoms with van der Waals surface area (Å²) in [7, 11) is -2.50. The summed E-state index contributed by atoms with van der Waals surface area (Å²) in [4.78, 5) is 0. The van der Waals surface area contributed by atoms with Crippen LogP contribution in [-0.4, -0.2) is 11.8 Å². The van der Waals surface area contributed by atoms with Crippen molar-refractivity contribution in [3.63, 3.8) is 0 Å². The number of rotatable bonds is 2.